The fraction of sp³-hybridized carbons (Fsp3) is 0.304. The van der Waals surface area contributed by atoms with Gasteiger partial charge in [0.15, 0.2) is 0 Å². The zero-order chi connectivity index (χ0) is 23.3. The molecule has 1 aromatic carbocycles. The fourth-order valence-electron chi connectivity index (χ4n) is 3.31. The molecule has 8 nitrogen and oxygen atoms in total. The Morgan fingerprint density at radius 3 is 2.53 bits per heavy atom. The van der Waals surface area contributed by atoms with Crippen molar-refractivity contribution in [1.82, 2.24) is 19.4 Å². The van der Waals surface area contributed by atoms with Crippen molar-refractivity contribution in [3.63, 3.8) is 0 Å². The third-order valence-electron chi connectivity index (χ3n) is 5.12. The van der Waals surface area contributed by atoms with Crippen molar-refractivity contribution in [1.29, 1.82) is 0 Å². The van der Waals surface area contributed by atoms with Crippen LogP contribution in [0.25, 0.3) is 11.4 Å². The molecular weight excluding hydrogens is 411 g/mol. The Labute approximate surface area is 186 Å². The number of aromatic nitrogens is 3. The largest absolute Gasteiger partial charge is 0.354 e. The Bertz CT molecular complexity index is 1150. The zero-order valence-corrected chi connectivity index (χ0v) is 18.6. The van der Waals surface area contributed by atoms with Crippen LogP contribution in [0.5, 0.6) is 0 Å². The summed E-state index contributed by atoms with van der Waals surface area (Å²) in [4.78, 5) is 34.7. The van der Waals surface area contributed by atoms with E-state index in [9.17, 15) is 14.0 Å². The summed E-state index contributed by atoms with van der Waals surface area (Å²) in [6.45, 7) is 1.82. The first-order valence-corrected chi connectivity index (χ1v) is 10.2. The molecule has 0 aliphatic heterocycles. The summed E-state index contributed by atoms with van der Waals surface area (Å²) >= 11 is 0. The highest BCUT2D eigenvalue weighted by atomic mass is 19.1. The molecule has 3 aromatic rings. The monoisotopic (exact) mass is 438 g/mol. The van der Waals surface area contributed by atoms with Crippen molar-refractivity contribution in [2.24, 2.45) is 7.05 Å². The number of anilines is 2. The number of nitrogens with zero attached hydrogens (tertiary/aromatic N) is 4. The van der Waals surface area contributed by atoms with Gasteiger partial charge >= 0.3 is 0 Å². The Hall–Kier alpha value is -3.59. The molecule has 3 rings (SSSR count). The van der Waals surface area contributed by atoms with Crippen molar-refractivity contribution in [3.05, 3.63) is 70.4 Å². The first-order chi connectivity index (χ1) is 15.3. The van der Waals surface area contributed by atoms with E-state index in [1.807, 2.05) is 32.3 Å². The summed E-state index contributed by atoms with van der Waals surface area (Å²) < 4.78 is 16.0. The Morgan fingerprint density at radius 1 is 1.16 bits per heavy atom. The SMILES string of the molecule is CC(=O)Nc1cccnc1-c1nc(NC[C@H](Cc2ccccc2)N(C)C)n(C)c(=O)c1F. The van der Waals surface area contributed by atoms with E-state index in [-0.39, 0.29) is 35.0 Å². The van der Waals surface area contributed by atoms with Crippen molar-refractivity contribution in [2.45, 2.75) is 19.4 Å². The molecular formula is C23H27FN6O2. The summed E-state index contributed by atoms with van der Waals surface area (Å²) in [6, 6.07) is 13.4. The molecule has 32 heavy (non-hydrogen) atoms. The average molecular weight is 439 g/mol. The number of halogens is 1. The molecule has 0 bridgehead atoms. The fourth-order valence-corrected chi connectivity index (χ4v) is 3.31. The predicted molar refractivity (Wildman–Crippen MR) is 123 cm³/mol. The first kappa shape index (κ1) is 23.1. The van der Waals surface area contributed by atoms with Crippen LogP contribution in [0.1, 0.15) is 12.5 Å². The summed E-state index contributed by atoms with van der Waals surface area (Å²) in [5, 5.41) is 5.78. The minimum Gasteiger partial charge on any atom is -0.354 e. The quantitative estimate of drug-likeness (QED) is 0.562. The van der Waals surface area contributed by atoms with Gasteiger partial charge in [-0.3, -0.25) is 19.1 Å². The van der Waals surface area contributed by atoms with Crippen LogP contribution in [-0.2, 0) is 18.3 Å². The highest BCUT2D eigenvalue weighted by Gasteiger charge is 2.21. The first-order valence-electron chi connectivity index (χ1n) is 10.2. The van der Waals surface area contributed by atoms with Crippen molar-refractivity contribution in [3.8, 4) is 11.4 Å². The second-order valence-corrected chi connectivity index (χ2v) is 7.73. The van der Waals surface area contributed by atoms with E-state index >= 15 is 0 Å². The van der Waals surface area contributed by atoms with Gasteiger partial charge in [-0.05, 0) is 38.2 Å². The number of rotatable bonds is 8. The summed E-state index contributed by atoms with van der Waals surface area (Å²) in [5.41, 5.74) is 0.504. The minimum absolute atomic E-state index is 0.0920. The second-order valence-electron chi connectivity index (χ2n) is 7.73. The van der Waals surface area contributed by atoms with Crippen molar-refractivity contribution >= 4 is 17.5 Å². The van der Waals surface area contributed by atoms with Crippen molar-refractivity contribution < 1.29 is 9.18 Å². The maximum atomic E-state index is 14.9. The number of benzene rings is 1. The number of carbonyl (C=O) groups is 1. The Morgan fingerprint density at radius 2 is 1.88 bits per heavy atom. The van der Waals surface area contributed by atoms with E-state index in [1.54, 1.807) is 12.1 Å². The number of hydrogen-bond acceptors (Lipinski definition) is 6. The minimum atomic E-state index is -1.03. The molecule has 0 fully saturated rings. The lowest BCUT2D eigenvalue weighted by molar-refractivity contribution is -0.114. The normalized spacial score (nSPS) is 11.9. The molecule has 0 aliphatic rings. The lowest BCUT2D eigenvalue weighted by Gasteiger charge is -2.25. The van der Waals surface area contributed by atoms with Crippen molar-refractivity contribution in [2.75, 3.05) is 31.3 Å². The van der Waals surface area contributed by atoms with E-state index < -0.39 is 11.4 Å². The lowest BCUT2D eigenvalue weighted by Crippen LogP contribution is -2.38. The third kappa shape index (κ3) is 5.36. The van der Waals surface area contributed by atoms with Crippen LogP contribution < -0.4 is 16.2 Å². The smallest absolute Gasteiger partial charge is 0.291 e. The highest BCUT2D eigenvalue weighted by Crippen LogP contribution is 2.26. The molecule has 0 unspecified atom stereocenters. The standard InChI is InChI=1S/C23H27FN6O2/c1-15(31)27-18-11-8-12-25-20(18)21-19(24)22(32)30(4)23(28-21)26-14-17(29(2)3)13-16-9-6-5-7-10-16/h5-12,17H,13-14H2,1-4H3,(H,26,28)(H,27,31)/t17-/m0/s1. The molecule has 2 aromatic heterocycles. The van der Waals surface area contributed by atoms with Crippen LogP contribution in [0.15, 0.2) is 53.5 Å². The Balaban J connectivity index is 1.92. The van der Waals surface area contributed by atoms with E-state index in [1.165, 1.54) is 25.7 Å². The van der Waals surface area contributed by atoms with Crippen LogP contribution in [0, 0.1) is 5.82 Å². The molecule has 0 saturated carbocycles. The number of carbonyl (C=O) groups excluding carboxylic acids is 1. The molecule has 0 aliphatic carbocycles. The predicted octanol–water partition coefficient (Wildman–Crippen LogP) is 2.52. The molecule has 0 saturated heterocycles. The van der Waals surface area contributed by atoms with Gasteiger partial charge in [0.2, 0.25) is 17.7 Å². The van der Waals surface area contributed by atoms with Crippen LogP contribution in [0.3, 0.4) is 0 Å². The van der Waals surface area contributed by atoms with Gasteiger partial charge in [0.05, 0.1) is 5.69 Å². The van der Waals surface area contributed by atoms with Crippen LogP contribution >= 0.6 is 0 Å². The number of hydrogen-bond donors (Lipinski definition) is 2. The van der Waals surface area contributed by atoms with Crippen LogP contribution in [0.2, 0.25) is 0 Å². The molecule has 9 heteroatoms. The van der Waals surface area contributed by atoms with Gasteiger partial charge in [-0.25, -0.2) is 4.98 Å². The van der Waals surface area contributed by atoms with Crippen LogP contribution in [-0.4, -0.2) is 52.0 Å². The zero-order valence-electron chi connectivity index (χ0n) is 18.6. The second kappa shape index (κ2) is 10.1. The molecule has 168 valence electrons. The molecule has 1 amide bonds. The summed E-state index contributed by atoms with van der Waals surface area (Å²) in [6.07, 6.45) is 2.24. The maximum Gasteiger partial charge on any atom is 0.291 e. The molecule has 0 spiro atoms. The number of amides is 1. The van der Waals surface area contributed by atoms with Gasteiger partial charge < -0.3 is 15.5 Å². The molecule has 1 atom stereocenters. The number of likely N-dealkylation sites (N-methyl/N-ethyl adjacent to an activating group) is 1. The number of pyridine rings is 1. The molecule has 0 radical (unpaired) electrons. The van der Waals surface area contributed by atoms with Gasteiger partial charge in [-0.15, -0.1) is 0 Å². The van der Waals surface area contributed by atoms with E-state index in [2.05, 4.69) is 37.6 Å². The molecule has 2 heterocycles. The van der Waals surface area contributed by atoms with E-state index in [0.717, 1.165) is 11.0 Å². The topological polar surface area (TPSA) is 92.1 Å². The molecule has 2 N–H and O–H groups in total. The summed E-state index contributed by atoms with van der Waals surface area (Å²) in [7, 11) is 5.41. The highest BCUT2D eigenvalue weighted by molar-refractivity contribution is 5.92. The lowest BCUT2D eigenvalue weighted by atomic mass is 10.1. The van der Waals surface area contributed by atoms with Gasteiger partial charge in [0.25, 0.3) is 5.56 Å². The van der Waals surface area contributed by atoms with E-state index in [0.29, 0.717) is 6.54 Å². The van der Waals surface area contributed by atoms with Gasteiger partial charge in [-0.1, -0.05) is 30.3 Å². The van der Waals surface area contributed by atoms with E-state index in [4.69, 9.17) is 0 Å². The van der Waals surface area contributed by atoms with Gasteiger partial charge in [0, 0.05) is 32.8 Å². The Kier molecular flexibility index (Phi) is 7.32. The van der Waals surface area contributed by atoms with Crippen LogP contribution in [0.4, 0.5) is 16.0 Å². The third-order valence-corrected chi connectivity index (χ3v) is 5.12. The van der Waals surface area contributed by atoms with Gasteiger partial charge in [-0.2, -0.15) is 4.39 Å². The number of nitrogens with one attached hydrogen (secondary N) is 2. The maximum absolute atomic E-state index is 14.9. The average Bonchev–Trinajstić information content (AvgIpc) is 2.77. The summed E-state index contributed by atoms with van der Waals surface area (Å²) in [5.74, 6) is -1.15. The van der Waals surface area contributed by atoms with Gasteiger partial charge in [0.1, 0.15) is 11.4 Å².